The molecule has 0 saturated heterocycles. The molecule has 0 bridgehead atoms. The van der Waals surface area contributed by atoms with Gasteiger partial charge in [-0.1, -0.05) is 12.1 Å². The number of carbonyl (C=O) groups is 1. The SMILES string of the molecule is C[C@@H]1Oc2ccccc2O[C@H]1C(=O)Nc1ccc(Oc2cnccn2)cc1. The quantitative estimate of drug-likeness (QED) is 0.765. The molecule has 0 fully saturated rings. The fourth-order valence-corrected chi connectivity index (χ4v) is 2.68. The number of amides is 1. The Morgan fingerprint density at radius 2 is 1.78 bits per heavy atom. The number of nitrogens with one attached hydrogen (secondary N) is 1. The first-order valence-corrected chi connectivity index (χ1v) is 8.46. The molecule has 0 saturated carbocycles. The van der Waals surface area contributed by atoms with Crippen molar-refractivity contribution in [3.05, 3.63) is 67.1 Å². The van der Waals surface area contributed by atoms with Crippen LogP contribution >= 0.6 is 0 Å². The number of benzene rings is 2. The molecule has 1 N–H and O–H groups in total. The third-order valence-electron chi connectivity index (χ3n) is 3.98. The maximum atomic E-state index is 12.6. The van der Waals surface area contributed by atoms with E-state index in [4.69, 9.17) is 14.2 Å². The van der Waals surface area contributed by atoms with Gasteiger partial charge in [-0.25, -0.2) is 4.98 Å². The van der Waals surface area contributed by atoms with Gasteiger partial charge < -0.3 is 19.5 Å². The van der Waals surface area contributed by atoms with Gasteiger partial charge in [-0.3, -0.25) is 9.78 Å². The zero-order valence-corrected chi connectivity index (χ0v) is 14.5. The first-order valence-electron chi connectivity index (χ1n) is 8.46. The number of aromatic nitrogens is 2. The van der Waals surface area contributed by atoms with Gasteiger partial charge in [-0.15, -0.1) is 0 Å². The van der Waals surface area contributed by atoms with Gasteiger partial charge in [0, 0.05) is 18.1 Å². The van der Waals surface area contributed by atoms with Gasteiger partial charge in [0.2, 0.25) is 12.0 Å². The van der Waals surface area contributed by atoms with Crippen LogP contribution in [-0.2, 0) is 4.79 Å². The molecule has 2 heterocycles. The summed E-state index contributed by atoms with van der Waals surface area (Å²) < 4.78 is 17.2. The van der Waals surface area contributed by atoms with Crippen molar-refractivity contribution in [2.24, 2.45) is 0 Å². The van der Waals surface area contributed by atoms with Gasteiger partial charge in [-0.2, -0.15) is 0 Å². The largest absolute Gasteiger partial charge is 0.482 e. The summed E-state index contributed by atoms with van der Waals surface area (Å²) in [6.07, 6.45) is 3.50. The second-order valence-corrected chi connectivity index (χ2v) is 5.97. The lowest BCUT2D eigenvalue weighted by atomic mass is 10.1. The fourth-order valence-electron chi connectivity index (χ4n) is 2.68. The molecule has 1 aliphatic rings. The van der Waals surface area contributed by atoms with Gasteiger partial charge in [0.1, 0.15) is 11.9 Å². The van der Waals surface area contributed by atoms with E-state index in [1.54, 1.807) is 49.6 Å². The number of ether oxygens (including phenoxy) is 3. The Balaban J connectivity index is 1.41. The van der Waals surface area contributed by atoms with Gasteiger partial charge in [0.25, 0.3) is 5.91 Å². The number of hydrogen-bond donors (Lipinski definition) is 1. The molecule has 0 unspecified atom stereocenters. The van der Waals surface area contributed by atoms with Gasteiger partial charge in [-0.05, 0) is 43.3 Å². The lowest BCUT2D eigenvalue weighted by Crippen LogP contribution is -2.46. The Kier molecular flexibility index (Phi) is 4.57. The standard InChI is InChI=1S/C20H17N3O4/c1-13-19(27-17-5-3-2-4-16(17)25-13)20(24)23-14-6-8-15(9-7-14)26-18-12-21-10-11-22-18/h2-13,19H,1H3,(H,23,24)/t13-,19+/m0/s1. The van der Waals surface area contributed by atoms with Crippen molar-refractivity contribution in [2.75, 3.05) is 5.32 Å². The van der Waals surface area contributed by atoms with E-state index in [0.717, 1.165) is 0 Å². The maximum absolute atomic E-state index is 12.6. The van der Waals surface area contributed by atoms with Crippen molar-refractivity contribution in [1.29, 1.82) is 0 Å². The third kappa shape index (κ3) is 3.82. The van der Waals surface area contributed by atoms with Crippen LogP contribution in [0, 0.1) is 0 Å². The van der Waals surface area contributed by atoms with Crippen LogP contribution in [0.1, 0.15) is 6.92 Å². The number of hydrogen-bond acceptors (Lipinski definition) is 6. The van der Waals surface area contributed by atoms with E-state index in [1.165, 1.54) is 6.20 Å². The number of anilines is 1. The highest BCUT2D eigenvalue weighted by Gasteiger charge is 2.34. The molecule has 0 spiro atoms. The summed E-state index contributed by atoms with van der Waals surface area (Å²) in [4.78, 5) is 20.6. The lowest BCUT2D eigenvalue weighted by Gasteiger charge is -2.31. The predicted octanol–water partition coefficient (Wildman–Crippen LogP) is 3.44. The van der Waals surface area contributed by atoms with Crippen molar-refractivity contribution >= 4 is 11.6 Å². The van der Waals surface area contributed by atoms with Crippen LogP contribution in [0.15, 0.2) is 67.1 Å². The second kappa shape index (κ2) is 7.33. The number of para-hydroxylation sites is 2. The minimum absolute atomic E-state index is 0.278. The first-order chi connectivity index (χ1) is 13.2. The zero-order chi connectivity index (χ0) is 18.6. The van der Waals surface area contributed by atoms with Gasteiger partial charge >= 0.3 is 0 Å². The smallest absolute Gasteiger partial charge is 0.269 e. The van der Waals surface area contributed by atoms with E-state index in [9.17, 15) is 4.79 Å². The van der Waals surface area contributed by atoms with Crippen molar-refractivity contribution in [3.8, 4) is 23.1 Å². The summed E-state index contributed by atoms with van der Waals surface area (Å²) in [6.45, 7) is 1.80. The third-order valence-corrected chi connectivity index (χ3v) is 3.98. The van der Waals surface area contributed by atoms with Crippen LogP contribution in [0.4, 0.5) is 5.69 Å². The van der Waals surface area contributed by atoms with E-state index in [0.29, 0.717) is 28.8 Å². The predicted molar refractivity (Wildman–Crippen MR) is 98.1 cm³/mol. The van der Waals surface area contributed by atoms with E-state index in [-0.39, 0.29) is 5.91 Å². The molecule has 3 aromatic rings. The maximum Gasteiger partial charge on any atom is 0.269 e. The Labute approximate surface area is 155 Å². The van der Waals surface area contributed by atoms with Crippen molar-refractivity contribution in [3.63, 3.8) is 0 Å². The monoisotopic (exact) mass is 363 g/mol. The summed E-state index contributed by atoms with van der Waals surface area (Å²) in [5.74, 6) is 1.91. The molecule has 7 heteroatoms. The summed E-state index contributed by atoms with van der Waals surface area (Å²) in [5.41, 5.74) is 0.626. The molecule has 1 aromatic heterocycles. The topological polar surface area (TPSA) is 82.6 Å². The molecular formula is C20H17N3O4. The molecule has 2 atom stereocenters. The van der Waals surface area contributed by atoms with Crippen LogP contribution in [0.5, 0.6) is 23.1 Å². The van der Waals surface area contributed by atoms with Crippen LogP contribution in [0.2, 0.25) is 0 Å². The summed E-state index contributed by atoms with van der Waals surface area (Å²) >= 11 is 0. The fraction of sp³-hybridized carbons (Fsp3) is 0.150. The molecule has 0 radical (unpaired) electrons. The van der Waals surface area contributed by atoms with Crippen LogP contribution < -0.4 is 19.5 Å². The highest BCUT2D eigenvalue weighted by atomic mass is 16.6. The normalized spacial score (nSPS) is 17.8. The molecule has 0 aliphatic carbocycles. The Morgan fingerprint density at radius 1 is 1.04 bits per heavy atom. The highest BCUT2D eigenvalue weighted by Crippen LogP contribution is 2.33. The molecule has 27 heavy (non-hydrogen) atoms. The van der Waals surface area contributed by atoms with E-state index in [2.05, 4.69) is 15.3 Å². The minimum Gasteiger partial charge on any atom is -0.482 e. The summed E-state index contributed by atoms with van der Waals surface area (Å²) in [7, 11) is 0. The molecular weight excluding hydrogens is 346 g/mol. The van der Waals surface area contributed by atoms with Gasteiger partial charge in [0.15, 0.2) is 11.5 Å². The van der Waals surface area contributed by atoms with Crippen molar-refractivity contribution in [2.45, 2.75) is 19.1 Å². The molecule has 4 rings (SSSR count). The van der Waals surface area contributed by atoms with E-state index >= 15 is 0 Å². The second-order valence-electron chi connectivity index (χ2n) is 5.97. The lowest BCUT2D eigenvalue weighted by molar-refractivity contribution is -0.128. The molecule has 1 aliphatic heterocycles. The summed E-state index contributed by atoms with van der Waals surface area (Å²) in [5, 5.41) is 2.84. The Morgan fingerprint density at radius 3 is 2.48 bits per heavy atom. The number of fused-ring (bicyclic) bond motifs is 1. The van der Waals surface area contributed by atoms with Crippen molar-refractivity contribution < 1.29 is 19.0 Å². The Hall–Kier alpha value is -3.61. The van der Waals surface area contributed by atoms with E-state index in [1.807, 2.05) is 18.2 Å². The highest BCUT2D eigenvalue weighted by molar-refractivity contribution is 5.95. The number of rotatable bonds is 4. The molecule has 2 aromatic carbocycles. The van der Waals surface area contributed by atoms with Crippen molar-refractivity contribution in [1.82, 2.24) is 9.97 Å². The summed E-state index contributed by atoms with van der Waals surface area (Å²) in [6, 6.07) is 14.2. The number of nitrogens with zero attached hydrogens (tertiary/aromatic N) is 2. The average Bonchev–Trinajstić information content (AvgIpc) is 2.69. The van der Waals surface area contributed by atoms with Crippen LogP contribution in [0.25, 0.3) is 0 Å². The van der Waals surface area contributed by atoms with Crippen LogP contribution in [-0.4, -0.2) is 28.1 Å². The number of carbonyl (C=O) groups excluding carboxylic acids is 1. The molecule has 7 nitrogen and oxygen atoms in total. The zero-order valence-electron chi connectivity index (χ0n) is 14.5. The van der Waals surface area contributed by atoms with Gasteiger partial charge in [0.05, 0.1) is 6.20 Å². The Bertz CT molecular complexity index is 931. The van der Waals surface area contributed by atoms with E-state index < -0.39 is 12.2 Å². The minimum atomic E-state index is -0.740. The average molecular weight is 363 g/mol. The first kappa shape index (κ1) is 16.8. The molecule has 136 valence electrons. The molecule has 1 amide bonds. The van der Waals surface area contributed by atoms with Crippen LogP contribution in [0.3, 0.4) is 0 Å².